The molecule has 0 spiro atoms. The van der Waals surface area contributed by atoms with Gasteiger partial charge in [0.05, 0.1) is 23.1 Å². The maximum atomic E-state index is 12.7. The summed E-state index contributed by atoms with van der Waals surface area (Å²) in [7, 11) is 1.82. The summed E-state index contributed by atoms with van der Waals surface area (Å²) in [4.78, 5) is 14.4. The second-order valence-electron chi connectivity index (χ2n) is 6.77. The molecule has 0 aliphatic rings. The number of aryl methyl sites for hydroxylation is 1. The van der Waals surface area contributed by atoms with E-state index in [1.54, 1.807) is 11.1 Å². The summed E-state index contributed by atoms with van der Waals surface area (Å²) in [5.41, 5.74) is 9.69. The quantitative estimate of drug-likeness (QED) is 0.887. The van der Waals surface area contributed by atoms with E-state index in [0.717, 1.165) is 23.4 Å². The van der Waals surface area contributed by atoms with Crippen LogP contribution in [0, 0.1) is 19.8 Å². The van der Waals surface area contributed by atoms with Crippen LogP contribution < -0.4 is 5.73 Å². The van der Waals surface area contributed by atoms with Crippen molar-refractivity contribution in [2.75, 3.05) is 13.6 Å². The summed E-state index contributed by atoms with van der Waals surface area (Å²) in [5.74, 6) is 0.405. The summed E-state index contributed by atoms with van der Waals surface area (Å²) < 4.78 is 1.83. The molecule has 0 aliphatic heterocycles. The lowest BCUT2D eigenvalue weighted by atomic mass is 10.0. The molecule has 1 amide bonds. The molecule has 0 radical (unpaired) electrons. The Morgan fingerprint density at radius 3 is 2.58 bits per heavy atom. The van der Waals surface area contributed by atoms with Crippen LogP contribution in [-0.4, -0.2) is 40.2 Å². The molecule has 130 valence electrons. The minimum absolute atomic E-state index is 0.0108. The van der Waals surface area contributed by atoms with E-state index in [2.05, 4.69) is 18.9 Å². The van der Waals surface area contributed by atoms with Gasteiger partial charge in [-0.25, -0.2) is 4.68 Å². The van der Waals surface area contributed by atoms with Crippen LogP contribution in [0.3, 0.4) is 0 Å². The average molecular weight is 328 g/mol. The molecule has 1 aromatic carbocycles. The third-order valence-electron chi connectivity index (χ3n) is 4.58. The van der Waals surface area contributed by atoms with E-state index in [-0.39, 0.29) is 11.9 Å². The van der Waals surface area contributed by atoms with Gasteiger partial charge in [0, 0.05) is 19.6 Å². The maximum absolute atomic E-state index is 12.7. The maximum Gasteiger partial charge on any atom is 0.257 e. The Bertz CT molecular complexity index is 705. The van der Waals surface area contributed by atoms with Crippen molar-refractivity contribution < 1.29 is 4.79 Å². The Morgan fingerprint density at radius 1 is 1.29 bits per heavy atom. The number of hydrogen-bond acceptors (Lipinski definition) is 3. The van der Waals surface area contributed by atoms with Crippen LogP contribution >= 0.6 is 0 Å². The third-order valence-corrected chi connectivity index (χ3v) is 4.58. The Hall–Kier alpha value is -2.14. The summed E-state index contributed by atoms with van der Waals surface area (Å²) >= 11 is 0. The van der Waals surface area contributed by atoms with Crippen LogP contribution in [0.15, 0.2) is 30.5 Å². The number of carbonyl (C=O) groups excluding carboxylic acids is 1. The number of carbonyl (C=O) groups is 1. The van der Waals surface area contributed by atoms with Crippen LogP contribution in [0.2, 0.25) is 0 Å². The van der Waals surface area contributed by atoms with Gasteiger partial charge in [0.2, 0.25) is 0 Å². The van der Waals surface area contributed by atoms with Gasteiger partial charge in [0.1, 0.15) is 0 Å². The molecule has 1 heterocycles. The first kappa shape index (κ1) is 18.2. The Morgan fingerprint density at radius 2 is 1.96 bits per heavy atom. The van der Waals surface area contributed by atoms with Crippen molar-refractivity contribution in [1.29, 1.82) is 0 Å². The first-order chi connectivity index (χ1) is 11.3. The smallest absolute Gasteiger partial charge is 0.257 e. The highest BCUT2D eigenvalue weighted by atomic mass is 16.2. The van der Waals surface area contributed by atoms with Crippen LogP contribution in [0.5, 0.6) is 0 Å². The summed E-state index contributed by atoms with van der Waals surface area (Å²) in [5, 5.41) is 4.42. The predicted molar refractivity (Wildman–Crippen MR) is 97.4 cm³/mol. The lowest BCUT2D eigenvalue weighted by Crippen LogP contribution is -2.34. The van der Waals surface area contributed by atoms with Crippen molar-refractivity contribution >= 4 is 5.91 Å². The number of para-hydroxylation sites is 1. The van der Waals surface area contributed by atoms with E-state index in [4.69, 9.17) is 5.73 Å². The van der Waals surface area contributed by atoms with E-state index in [0.29, 0.717) is 18.0 Å². The standard InChI is InChI=1S/C19H28N4O/c1-13(2)17(20)10-11-22(5)19(24)16-12-21-23(15(16)4)18-9-7-6-8-14(18)3/h6-9,12-13,17H,10-11,20H2,1-5H3. The summed E-state index contributed by atoms with van der Waals surface area (Å²) in [6.07, 6.45) is 2.45. The molecule has 0 bridgehead atoms. The van der Waals surface area contributed by atoms with Gasteiger partial charge in [0.15, 0.2) is 0 Å². The molecule has 0 fully saturated rings. The highest BCUT2D eigenvalue weighted by Crippen LogP contribution is 2.18. The molecule has 1 unspecified atom stereocenters. The fourth-order valence-corrected chi connectivity index (χ4v) is 2.65. The van der Waals surface area contributed by atoms with Crippen molar-refractivity contribution in [3.05, 3.63) is 47.3 Å². The van der Waals surface area contributed by atoms with E-state index < -0.39 is 0 Å². The number of benzene rings is 1. The zero-order valence-electron chi connectivity index (χ0n) is 15.3. The predicted octanol–water partition coefficient (Wildman–Crippen LogP) is 2.93. The SMILES string of the molecule is Cc1ccccc1-n1ncc(C(=O)N(C)CCC(N)C(C)C)c1C. The largest absolute Gasteiger partial charge is 0.342 e. The fraction of sp³-hybridized carbons (Fsp3) is 0.474. The Kier molecular flexibility index (Phi) is 5.78. The molecule has 0 saturated carbocycles. The van der Waals surface area contributed by atoms with Crippen molar-refractivity contribution in [1.82, 2.24) is 14.7 Å². The number of nitrogens with zero attached hydrogens (tertiary/aromatic N) is 3. The van der Waals surface area contributed by atoms with Gasteiger partial charge >= 0.3 is 0 Å². The highest BCUT2D eigenvalue weighted by Gasteiger charge is 2.20. The Balaban J connectivity index is 2.15. The molecule has 1 atom stereocenters. The molecule has 5 nitrogen and oxygen atoms in total. The van der Waals surface area contributed by atoms with Crippen LogP contribution in [0.25, 0.3) is 5.69 Å². The van der Waals surface area contributed by atoms with Crippen molar-refractivity contribution in [2.45, 2.75) is 40.2 Å². The minimum Gasteiger partial charge on any atom is -0.342 e. The third kappa shape index (κ3) is 3.85. The van der Waals surface area contributed by atoms with Crippen molar-refractivity contribution in [2.24, 2.45) is 11.7 Å². The zero-order chi connectivity index (χ0) is 17.9. The first-order valence-corrected chi connectivity index (χ1v) is 8.44. The number of hydrogen-bond donors (Lipinski definition) is 1. The second kappa shape index (κ2) is 7.62. The van der Waals surface area contributed by atoms with Gasteiger partial charge in [0.25, 0.3) is 5.91 Å². The van der Waals surface area contributed by atoms with Crippen molar-refractivity contribution in [3.8, 4) is 5.69 Å². The van der Waals surface area contributed by atoms with Crippen LogP contribution in [0.1, 0.15) is 41.9 Å². The van der Waals surface area contributed by atoms with Gasteiger partial charge in [-0.1, -0.05) is 32.0 Å². The average Bonchev–Trinajstić information content (AvgIpc) is 2.93. The summed E-state index contributed by atoms with van der Waals surface area (Å²) in [6, 6.07) is 8.13. The van der Waals surface area contributed by atoms with E-state index in [1.165, 1.54) is 0 Å². The number of aromatic nitrogens is 2. The number of rotatable bonds is 6. The first-order valence-electron chi connectivity index (χ1n) is 8.44. The number of nitrogens with two attached hydrogens (primary N) is 1. The molecule has 5 heteroatoms. The van der Waals surface area contributed by atoms with E-state index in [1.807, 2.05) is 49.8 Å². The van der Waals surface area contributed by atoms with E-state index in [9.17, 15) is 4.79 Å². The van der Waals surface area contributed by atoms with Gasteiger partial charge in [-0.15, -0.1) is 0 Å². The van der Waals surface area contributed by atoms with Gasteiger partial charge in [-0.3, -0.25) is 4.79 Å². The molecule has 2 aromatic rings. The second-order valence-corrected chi connectivity index (χ2v) is 6.77. The molecule has 0 saturated heterocycles. The topological polar surface area (TPSA) is 64.2 Å². The fourth-order valence-electron chi connectivity index (χ4n) is 2.65. The highest BCUT2D eigenvalue weighted by molar-refractivity contribution is 5.95. The molecule has 0 aliphatic carbocycles. The normalized spacial score (nSPS) is 12.5. The Labute approximate surface area is 144 Å². The summed E-state index contributed by atoms with van der Waals surface area (Å²) in [6.45, 7) is 8.82. The molecule has 2 rings (SSSR count). The lowest BCUT2D eigenvalue weighted by Gasteiger charge is -2.21. The molecule has 2 N–H and O–H groups in total. The van der Waals surface area contributed by atoms with Crippen molar-refractivity contribution in [3.63, 3.8) is 0 Å². The minimum atomic E-state index is -0.0108. The van der Waals surface area contributed by atoms with E-state index >= 15 is 0 Å². The van der Waals surface area contributed by atoms with Crippen LogP contribution in [-0.2, 0) is 0 Å². The zero-order valence-corrected chi connectivity index (χ0v) is 15.3. The molecular formula is C19H28N4O. The van der Waals surface area contributed by atoms with Crippen LogP contribution in [0.4, 0.5) is 0 Å². The molecular weight excluding hydrogens is 300 g/mol. The van der Waals surface area contributed by atoms with Gasteiger partial charge in [-0.05, 0) is 37.8 Å². The van der Waals surface area contributed by atoms with Gasteiger partial charge < -0.3 is 10.6 Å². The monoisotopic (exact) mass is 328 g/mol. The number of amides is 1. The molecule has 24 heavy (non-hydrogen) atoms. The molecule has 1 aromatic heterocycles. The lowest BCUT2D eigenvalue weighted by molar-refractivity contribution is 0.0788. The van der Waals surface area contributed by atoms with Gasteiger partial charge in [-0.2, -0.15) is 5.10 Å².